The highest BCUT2D eigenvalue weighted by atomic mass is 16.5. The highest BCUT2D eigenvalue weighted by Gasteiger charge is 2.07. The first-order valence-electron chi connectivity index (χ1n) is 5.78. The Labute approximate surface area is 102 Å². The smallest absolute Gasteiger partial charge is 0.310 e. The Kier molecular flexibility index (Phi) is 5.22. The monoisotopic (exact) mass is 231 g/mol. The van der Waals surface area contributed by atoms with Crippen LogP contribution in [-0.2, 0) is 22.4 Å². The SMILES string of the molecule is CCOC(=O)Cc1cc(CCC#N)ccc1C. The van der Waals surface area contributed by atoms with Crippen molar-refractivity contribution in [3.05, 3.63) is 34.9 Å². The van der Waals surface area contributed by atoms with Gasteiger partial charge in [-0.25, -0.2) is 0 Å². The molecule has 90 valence electrons. The van der Waals surface area contributed by atoms with E-state index in [0.29, 0.717) is 19.4 Å². The van der Waals surface area contributed by atoms with Gasteiger partial charge in [0.05, 0.1) is 19.1 Å². The van der Waals surface area contributed by atoms with Crippen LogP contribution in [0.4, 0.5) is 0 Å². The molecule has 0 aliphatic rings. The van der Waals surface area contributed by atoms with Gasteiger partial charge in [0, 0.05) is 6.42 Å². The van der Waals surface area contributed by atoms with Crippen molar-refractivity contribution in [3.8, 4) is 6.07 Å². The molecule has 0 amide bonds. The molecule has 0 saturated carbocycles. The van der Waals surface area contributed by atoms with Crippen molar-refractivity contribution in [1.82, 2.24) is 0 Å². The van der Waals surface area contributed by atoms with E-state index < -0.39 is 0 Å². The summed E-state index contributed by atoms with van der Waals surface area (Å²) in [6.07, 6.45) is 1.54. The number of carbonyl (C=O) groups excluding carboxylic acids is 1. The van der Waals surface area contributed by atoms with E-state index in [1.54, 1.807) is 6.92 Å². The van der Waals surface area contributed by atoms with Crippen molar-refractivity contribution < 1.29 is 9.53 Å². The van der Waals surface area contributed by atoms with Crippen LogP contribution in [0.2, 0.25) is 0 Å². The molecule has 0 bridgehead atoms. The van der Waals surface area contributed by atoms with E-state index in [-0.39, 0.29) is 5.97 Å². The predicted octanol–water partition coefficient (Wildman–Crippen LogP) is 2.56. The minimum Gasteiger partial charge on any atom is -0.466 e. The summed E-state index contributed by atoms with van der Waals surface area (Å²) < 4.78 is 4.93. The van der Waals surface area contributed by atoms with Gasteiger partial charge in [0.1, 0.15) is 0 Å². The summed E-state index contributed by atoms with van der Waals surface area (Å²) >= 11 is 0. The number of nitrogens with zero attached hydrogens (tertiary/aromatic N) is 1. The second kappa shape index (κ2) is 6.70. The Morgan fingerprint density at radius 2 is 2.24 bits per heavy atom. The topological polar surface area (TPSA) is 50.1 Å². The van der Waals surface area contributed by atoms with Crippen LogP contribution in [0.3, 0.4) is 0 Å². The molecular formula is C14H17NO2. The number of carbonyl (C=O) groups is 1. The average molecular weight is 231 g/mol. The Morgan fingerprint density at radius 3 is 2.88 bits per heavy atom. The number of hydrogen-bond donors (Lipinski definition) is 0. The zero-order valence-corrected chi connectivity index (χ0v) is 10.3. The van der Waals surface area contributed by atoms with Crippen molar-refractivity contribution in [3.63, 3.8) is 0 Å². The number of ether oxygens (including phenoxy) is 1. The molecule has 3 heteroatoms. The zero-order chi connectivity index (χ0) is 12.7. The van der Waals surface area contributed by atoms with Crippen molar-refractivity contribution in [1.29, 1.82) is 5.26 Å². The zero-order valence-electron chi connectivity index (χ0n) is 10.3. The van der Waals surface area contributed by atoms with Crippen LogP contribution in [0, 0.1) is 18.3 Å². The molecule has 0 radical (unpaired) electrons. The molecule has 1 aromatic rings. The lowest BCUT2D eigenvalue weighted by Crippen LogP contribution is -2.08. The van der Waals surface area contributed by atoms with Gasteiger partial charge in [0.2, 0.25) is 0 Å². The average Bonchev–Trinajstić information content (AvgIpc) is 2.30. The minimum absolute atomic E-state index is 0.201. The molecule has 0 atom stereocenters. The molecule has 0 unspecified atom stereocenters. The van der Waals surface area contributed by atoms with Crippen molar-refractivity contribution in [2.45, 2.75) is 33.1 Å². The number of nitriles is 1. The van der Waals surface area contributed by atoms with E-state index >= 15 is 0 Å². The maximum absolute atomic E-state index is 11.4. The third-order valence-corrected chi connectivity index (χ3v) is 2.58. The normalized spacial score (nSPS) is 9.71. The fraction of sp³-hybridized carbons (Fsp3) is 0.429. The Morgan fingerprint density at radius 1 is 1.47 bits per heavy atom. The first kappa shape index (κ1) is 13.2. The molecule has 17 heavy (non-hydrogen) atoms. The van der Waals surface area contributed by atoms with Gasteiger partial charge < -0.3 is 4.74 Å². The number of rotatable bonds is 5. The predicted molar refractivity (Wildman–Crippen MR) is 65.5 cm³/mol. The molecule has 0 saturated heterocycles. The van der Waals surface area contributed by atoms with Crippen LogP contribution >= 0.6 is 0 Å². The summed E-state index contributed by atoms with van der Waals surface area (Å²) in [5.41, 5.74) is 3.16. The third kappa shape index (κ3) is 4.28. The fourth-order valence-electron chi connectivity index (χ4n) is 1.64. The van der Waals surface area contributed by atoms with Crippen molar-refractivity contribution in [2.24, 2.45) is 0 Å². The summed E-state index contributed by atoms with van der Waals surface area (Å²) in [5, 5.41) is 8.54. The number of esters is 1. The Bertz CT molecular complexity index is 432. The van der Waals surface area contributed by atoms with Gasteiger partial charge in [-0.3, -0.25) is 4.79 Å². The van der Waals surface area contributed by atoms with E-state index in [9.17, 15) is 4.79 Å². The van der Waals surface area contributed by atoms with Gasteiger partial charge in [-0.2, -0.15) is 5.26 Å². The van der Waals surface area contributed by atoms with Gasteiger partial charge in [-0.1, -0.05) is 18.2 Å². The first-order chi connectivity index (χ1) is 8.17. The van der Waals surface area contributed by atoms with Crippen LogP contribution in [-0.4, -0.2) is 12.6 Å². The van der Waals surface area contributed by atoms with Gasteiger partial charge in [0.25, 0.3) is 0 Å². The molecule has 0 fully saturated rings. The highest BCUT2D eigenvalue weighted by molar-refractivity contribution is 5.73. The summed E-state index contributed by atoms with van der Waals surface area (Å²) in [6, 6.07) is 8.10. The number of benzene rings is 1. The van der Waals surface area contributed by atoms with Gasteiger partial charge in [-0.15, -0.1) is 0 Å². The highest BCUT2D eigenvalue weighted by Crippen LogP contribution is 2.14. The molecule has 0 heterocycles. The van der Waals surface area contributed by atoms with E-state index in [4.69, 9.17) is 10.00 Å². The van der Waals surface area contributed by atoms with Gasteiger partial charge >= 0.3 is 5.97 Å². The summed E-state index contributed by atoms with van der Waals surface area (Å²) in [4.78, 5) is 11.4. The minimum atomic E-state index is -0.201. The quantitative estimate of drug-likeness (QED) is 0.732. The van der Waals surface area contributed by atoms with Gasteiger partial charge in [0.15, 0.2) is 0 Å². The van der Waals surface area contributed by atoms with E-state index in [1.807, 2.05) is 25.1 Å². The Hall–Kier alpha value is -1.82. The second-order valence-corrected chi connectivity index (χ2v) is 3.90. The van der Waals surface area contributed by atoms with Crippen LogP contribution in [0.25, 0.3) is 0 Å². The maximum atomic E-state index is 11.4. The van der Waals surface area contributed by atoms with Crippen LogP contribution < -0.4 is 0 Å². The van der Waals surface area contributed by atoms with Gasteiger partial charge in [-0.05, 0) is 37.0 Å². The van der Waals surface area contributed by atoms with E-state index in [0.717, 1.165) is 23.1 Å². The van der Waals surface area contributed by atoms with E-state index in [2.05, 4.69) is 6.07 Å². The van der Waals surface area contributed by atoms with Crippen molar-refractivity contribution >= 4 is 5.97 Å². The molecule has 0 aliphatic heterocycles. The molecule has 3 nitrogen and oxygen atoms in total. The molecule has 0 spiro atoms. The van der Waals surface area contributed by atoms with Crippen LogP contribution in [0.1, 0.15) is 30.0 Å². The molecule has 0 aliphatic carbocycles. The second-order valence-electron chi connectivity index (χ2n) is 3.90. The summed E-state index contributed by atoms with van der Waals surface area (Å²) in [5.74, 6) is -0.201. The molecule has 0 aromatic heterocycles. The Balaban J connectivity index is 2.76. The fourth-order valence-corrected chi connectivity index (χ4v) is 1.64. The number of hydrogen-bond acceptors (Lipinski definition) is 3. The molecule has 1 aromatic carbocycles. The first-order valence-corrected chi connectivity index (χ1v) is 5.78. The lowest BCUT2D eigenvalue weighted by molar-refractivity contribution is -0.142. The summed E-state index contributed by atoms with van der Waals surface area (Å²) in [6.45, 7) is 4.18. The molecule has 1 rings (SSSR count). The van der Waals surface area contributed by atoms with Crippen molar-refractivity contribution in [2.75, 3.05) is 6.61 Å². The van der Waals surface area contributed by atoms with E-state index in [1.165, 1.54) is 0 Å². The molecular weight excluding hydrogens is 214 g/mol. The largest absolute Gasteiger partial charge is 0.466 e. The number of aryl methyl sites for hydroxylation is 2. The van der Waals surface area contributed by atoms with Crippen LogP contribution in [0.15, 0.2) is 18.2 Å². The molecule has 0 N–H and O–H groups in total. The third-order valence-electron chi connectivity index (χ3n) is 2.58. The summed E-state index contributed by atoms with van der Waals surface area (Å²) in [7, 11) is 0. The van der Waals surface area contributed by atoms with Crippen LogP contribution in [0.5, 0.6) is 0 Å². The lowest BCUT2D eigenvalue weighted by Gasteiger charge is -2.08. The lowest BCUT2D eigenvalue weighted by atomic mass is 10.00. The standard InChI is InChI=1S/C14H17NO2/c1-3-17-14(16)10-13-9-12(5-4-8-15)7-6-11(13)2/h6-7,9H,3-5,10H2,1-2H3. The maximum Gasteiger partial charge on any atom is 0.310 e.